The number of benzene rings is 1. The molecule has 0 aliphatic rings. The van der Waals surface area contributed by atoms with Gasteiger partial charge < -0.3 is 5.11 Å². The van der Waals surface area contributed by atoms with Crippen LogP contribution >= 0.6 is 22.6 Å². The highest BCUT2D eigenvalue weighted by atomic mass is 127. The van der Waals surface area contributed by atoms with E-state index in [2.05, 4.69) is 33.6 Å². The van der Waals surface area contributed by atoms with Gasteiger partial charge in [-0.3, -0.25) is 4.98 Å². The first kappa shape index (κ1) is 10.6. The van der Waals surface area contributed by atoms with Gasteiger partial charge in [0.25, 0.3) is 0 Å². The molecule has 0 atom stereocenters. The molecule has 0 bridgehead atoms. The largest absolute Gasteiger partial charge is 0.392 e. The highest BCUT2D eigenvalue weighted by Crippen LogP contribution is 2.19. The first-order chi connectivity index (χ1) is 7.29. The number of rotatable bonds is 2. The summed E-state index contributed by atoms with van der Waals surface area (Å²) in [6, 6.07) is 12.0. The number of pyridine rings is 1. The first-order valence-corrected chi connectivity index (χ1v) is 5.69. The molecule has 0 spiro atoms. The molecule has 0 amide bonds. The lowest BCUT2D eigenvalue weighted by Crippen LogP contribution is -1.87. The predicted molar refractivity (Wildman–Crippen MR) is 68.3 cm³/mol. The maximum atomic E-state index is 8.90. The smallest absolute Gasteiger partial charge is 0.0702 e. The lowest BCUT2D eigenvalue weighted by molar-refractivity contribution is 0.281. The van der Waals surface area contributed by atoms with Gasteiger partial charge in [-0.05, 0) is 46.4 Å². The summed E-state index contributed by atoms with van der Waals surface area (Å²) in [6.07, 6.45) is 1.70. The van der Waals surface area contributed by atoms with Crippen molar-refractivity contribution < 1.29 is 5.11 Å². The fourth-order valence-corrected chi connectivity index (χ4v) is 1.88. The molecule has 0 fully saturated rings. The normalized spacial score (nSPS) is 10.3. The van der Waals surface area contributed by atoms with E-state index in [1.165, 1.54) is 3.57 Å². The monoisotopic (exact) mass is 311 g/mol. The molecule has 0 radical (unpaired) electrons. The van der Waals surface area contributed by atoms with Gasteiger partial charge in [-0.2, -0.15) is 0 Å². The van der Waals surface area contributed by atoms with Crippen molar-refractivity contribution in [3.8, 4) is 11.3 Å². The van der Waals surface area contributed by atoms with E-state index in [4.69, 9.17) is 5.11 Å². The maximum Gasteiger partial charge on any atom is 0.0702 e. The molecule has 15 heavy (non-hydrogen) atoms. The summed E-state index contributed by atoms with van der Waals surface area (Å²) in [4.78, 5) is 4.30. The Morgan fingerprint density at radius 1 is 1.20 bits per heavy atom. The Kier molecular flexibility index (Phi) is 3.33. The fraction of sp³-hybridized carbons (Fsp3) is 0.0833. The molecule has 0 unspecified atom stereocenters. The lowest BCUT2D eigenvalue weighted by Gasteiger charge is -2.02. The SMILES string of the molecule is OCc1ccc(-c2cccc(I)c2)nc1. The maximum absolute atomic E-state index is 8.90. The highest BCUT2D eigenvalue weighted by Gasteiger charge is 1.99. The number of hydrogen-bond donors (Lipinski definition) is 1. The zero-order chi connectivity index (χ0) is 10.7. The van der Waals surface area contributed by atoms with Gasteiger partial charge in [0.05, 0.1) is 12.3 Å². The van der Waals surface area contributed by atoms with E-state index < -0.39 is 0 Å². The minimum Gasteiger partial charge on any atom is -0.392 e. The van der Waals surface area contributed by atoms with Crippen molar-refractivity contribution in [1.82, 2.24) is 4.98 Å². The number of hydrogen-bond acceptors (Lipinski definition) is 2. The standard InChI is InChI=1S/C12H10INO/c13-11-3-1-2-10(6-11)12-5-4-9(8-15)7-14-12/h1-7,15H,8H2. The van der Waals surface area contributed by atoms with Crippen LogP contribution in [-0.4, -0.2) is 10.1 Å². The Balaban J connectivity index is 2.37. The number of nitrogens with zero attached hydrogens (tertiary/aromatic N) is 1. The summed E-state index contributed by atoms with van der Waals surface area (Å²) in [6.45, 7) is 0.0413. The van der Waals surface area contributed by atoms with Crippen LogP contribution in [0.4, 0.5) is 0 Å². The molecule has 1 heterocycles. The van der Waals surface area contributed by atoms with Crippen LogP contribution in [0, 0.1) is 3.57 Å². The Bertz CT molecular complexity index is 453. The zero-order valence-corrected chi connectivity index (χ0v) is 10.2. The average Bonchev–Trinajstić information content (AvgIpc) is 2.29. The van der Waals surface area contributed by atoms with E-state index in [0.29, 0.717) is 0 Å². The van der Waals surface area contributed by atoms with Crippen molar-refractivity contribution in [2.45, 2.75) is 6.61 Å². The second-order valence-electron chi connectivity index (χ2n) is 3.22. The molecule has 0 aliphatic carbocycles. The van der Waals surface area contributed by atoms with Crippen molar-refractivity contribution in [2.75, 3.05) is 0 Å². The van der Waals surface area contributed by atoms with Gasteiger partial charge in [-0.1, -0.05) is 18.2 Å². The van der Waals surface area contributed by atoms with E-state index in [1.54, 1.807) is 6.20 Å². The number of halogens is 1. The zero-order valence-electron chi connectivity index (χ0n) is 8.02. The first-order valence-electron chi connectivity index (χ1n) is 4.61. The van der Waals surface area contributed by atoms with E-state index >= 15 is 0 Å². The number of aromatic nitrogens is 1. The summed E-state index contributed by atoms with van der Waals surface area (Å²) in [5.74, 6) is 0. The molecule has 2 nitrogen and oxygen atoms in total. The molecular formula is C12H10INO. The Morgan fingerprint density at radius 2 is 2.07 bits per heavy atom. The van der Waals surface area contributed by atoms with Crippen LogP contribution in [0.2, 0.25) is 0 Å². The molecule has 2 aromatic rings. The highest BCUT2D eigenvalue weighted by molar-refractivity contribution is 14.1. The molecule has 0 saturated heterocycles. The van der Waals surface area contributed by atoms with E-state index in [9.17, 15) is 0 Å². The summed E-state index contributed by atoms with van der Waals surface area (Å²) in [5, 5.41) is 8.90. The van der Waals surface area contributed by atoms with Crippen molar-refractivity contribution in [2.24, 2.45) is 0 Å². The number of aliphatic hydroxyl groups excluding tert-OH is 1. The van der Waals surface area contributed by atoms with Crippen molar-refractivity contribution in [3.05, 3.63) is 51.7 Å². The Hall–Kier alpha value is -0.940. The summed E-state index contributed by atoms with van der Waals surface area (Å²) in [5.41, 5.74) is 2.88. The molecule has 1 aromatic carbocycles. The van der Waals surface area contributed by atoms with Crippen LogP contribution in [0.1, 0.15) is 5.56 Å². The predicted octanol–water partition coefficient (Wildman–Crippen LogP) is 2.85. The Labute approximate surface area is 102 Å². The Morgan fingerprint density at radius 3 is 2.67 bits per heavy atom. The van der Waals surface area contributed by atoms with Crippen molar-refractivity contribution in [1.29, 1.82) is 0 Å². The van der Waals surface area contributed by atoms with Crippen molar-refractivity contribution >= 4 is 22.6 Å². The molecular weight excluding hydrogens is 301 g/mol. The van der Waals surface area contributed by atoms with Crippen LogP contribution in [0.15, 0.2) is 42.6 Å². The molecule has 1 N–H and O–H groups in total. The van der Waals surface area contributed by atoms with E-state index in [-0.39, 0.29) is 6.61 Å². The van der Waals surface area contributed by atoms with Crippen LogP contribution < -0.4 is 0 Å². The molecule has 0 aliphatic heterocycles. The van der Waals surface area contributed by atoms with E-state index in [1.807, 2.05) is 30.3 Å². The van der Waals surface area contributed by atoms with Gasteiger partial charge >= 0.3 is 0 Å². The third-order valence-corrected chi connectivity index (χ3v) is 2.80. The third kappa shape index (κ3) is 2.54. The number of aliphatic hydroxyl groups is 1. The van der Waals surface area contributed by atoms with Gasteiger partial charge in [0.1, 0.15) is 0 Å². The summed E-state index contributed by atoms with van der Waals surface area (Å²) < 4.78 is 1.19. The van der Waals surface area contributed by atoms with Gasteiger partial charge in [-0.25, -0.2) is 0 Å². The van der Waals surface area contributed by atoms with Gasteiger partial charge in [0.15, 0.2) is 0 Å². The average molecular weight is 311 g/mol. The van der Waals surface area contributed by atoms with Gasteiger partial charge in [0, 0.05) is 15.3 Å². The second-order valence-corrected chi connectivity index (χ2v) is 4.47. The fourth-order valence-electron chi connectivity index (χ4n) is 1.34. The molecule has 1 aromatic heterocycles. The second kappa shape index (κ2) is 4.72. The van der Waals surface area contributed by atoms with Crippen LogP contribution in [0.5, 0.6) is 0 Å². The molecule has 2 rings (SSSR count). The minimum atomic E-state index is 0.0413. The van der Waals surface area contributed by atoms with E-state index in [0.717, 1.165) is 16.8 Å². The van der Waals surface area contributed by atoms with Crippen LogP contribution in [0.3, 0.4) is 0 Å². The molecule has 3 heteroatoms. The topological polar surface area (TPSA) is 33.1 Å². The molecule has 76 valence electrons. The lowest BCUT2D eigenvalue weighted by atomic mass is 10.1. The third-order valence-electron chi connectivity index (χ3n) is 2.13. The van der Waals surface area contributed by atoms with Gasteiger partial charge in [0.2, 0.25) is 0 Å². The summed E-state index contributed by atoms with van der Waals surface area (Å²) in [7, 11) is 0. The van der Waals surface area contributed by atoms with Crippen LogP contribution in [-0.2, 0) is 6.61 Å². The molecule has 0 saturated carbocycles. The quantitative estimate of drug-likeness (QED) is 0.865. The van der Waals surface area contributed by atoms with Crippen molar-refractivity contribution in [3.63, 3.8) is 0 Å². The summed E-state index contributed by atoms with van der Waals surface area (Å²) >= 11 is 2.28. The van der Waals surface area contributed by atoms with Gasteiger partial charge in [-0.15, -0.1) is 0 Å². The van der Waals surface area contributed by atoms with Crippen LogP contribution in [0.25, 0.3) is 11.3 Å². The minimum absolute atomic E-state index is 0.0413.